The molecular formula is C58H82N14O12. The van der Waals surface area contributed by atoms with Crippen LogP contribution in [0.2, 0.25) is 0 Å². The number of aliphatic imine (C=N–C) groups is 1. The van der Waals surface area contributed by atoms with E-state index < -0.39 is 114 Å². The number of aromatic hydroxyl groups is 1. The Hall–Kier alpha value is -8.62. The Morgan fingerprint density at radius 2 is 1.32 bits per heavy atom. The lowest BCUT2D eigenvalue weighted by molar-refractivity contribution is -0.142. The molecule has 456 valence electrons. The second-order valence-electron chi connectivity index (χ2n) is 21.1. The number of amides is 8. The number of unbranched alkanes of at least 4 members (excludes halogenated alkanes) is 1. The van der Waals surface area contributed by atoms with Crippen LogP contribution in [0.4, 0.5) is 0 Å². The van der Waals surface area contributed by atoms with Crippen molar-refractivity contribution >= 4 is 70.1 Å². The summed E-state index contributed by atoms with van der Waals surface area (Å²) in [5, 5.41) is 50.1. The molecule has 0 spiro atoms. The van der Waals surface area contributed by atoms with Gasteiger partial charge in [0.15, 0.2) is 5.96 Å². The monoisotopic (exact) mass is 1170 g/mol. The first kappa shape index (κ1) is 66.2. The number of phenols is 1. The minimum atomic E-state index is -1.71. The van der Waals surface area contributed by atoms with Gasteiger partial charge in [-0.2, -0.15) is 0 Å². The zero-order valence-electron chi connectivity index (χ0n) is 47.7. The number of aromatic amines is 1. The fourth-order valence-corrected chi connectivity index (χ4v) is 9.66. The Labute approximate surface area is 487 Å². The number of benzene rings is 3. The van der Waals surface area contributed by atoms with Gasteiger partial charge in [-0.15, -0.1) is 0 Å². The summed E-state index contributed by atoms with van der Waals surface area (Å²) in [6.07, 6.45) is 1.96. The molecule has 10 atom stereocenters. The van der Waals surface area contributed by atoms with E-state index >= 15 is 0 Å². The van der Waals surface area contributed by atoms with Gasteiger partial charge < -0.3 is 85.4 Å². The third-order valence-corrected chi connectivity index (χ3v) is 14.7. The standard InChI is InChI=1S/C58H82N14O12/c1-4-33(2)48(60)54(80)68-42(19-12-26-63-58(61)62)51(77)70-44(29-36-21-23-38(74)24-22-36)56(82)72-27-13-20-46(72)53(79)67-41(18-10-11-25-59)52(78)71-49(34(3)73)55(81)69-43(28-35-14-6-5-7-15-35)50(76)65-32-47(75)66-45(57(83)84)30-37-31-64-40-17-9-8-16-39(37)40/h5-9,14-17,21-24,31,33-34,41-46,48-49,64,73-74H,4,10-13,18-20,25-30,32,59-60H2,1-3H3,(H,65,76)(H,66,75)(H,67,79)(H,68,80)(H,69,81)(H,70,77)(H,71,78)(H,83,84)(H4,61,62,63)/t33-,34+,41-,42-,43-,44-,45-,46-,48-,49-/m0/s1. The number of carboxylic acid groups (broad SMARTS) is 1. The smallest absolute Gasteiger partial charge is 0.326 e. The number of hydrogen-bond acceptors (Lipinski definition) is 14. The third-order valence-electron chi connectivity index (χ3n) is 14.7. The number of guanidine groups is 1. The second kappa shape index (κ2) is 32.9. The van der Waals surface area contributed by atoms with E-state index in [4.69, 9.17) is 22.9 Å². The highest BCUT2D eigenvalue weighted by molar-refractivity contribution is 5.98. The first-order chi connectivity index (χ1) is 40.1. The second-order valence-corrected chi connectivity index (χ2v) is 21.1. The summed E-state index contributed by atoms with van der Waals surface area (Å²) in [5.41, 5.74) is 25.6. The van der Waals surface area contributed by atoms with Crippen LogP contribution in [0.1, 0.15) is 88.8 Å². The maximum Gasteiger partial charge on any atom is 0.326 e. The van der Waals surface area contributed by atoms with Crippen molar-refractivity contribution in [3.05, 3.63) is 102 Å². The van der Waals surface area contributed by atoms with Crippen LogP contribution in [-0.2, 0) is 62.4 Å². The Morgan fingerprint density at radius 3 is 1.99 bits per heavy atom. The van der Waals surface area contributed by atoms with E-state index in [2.05, 4.69) is 47.2 Å². The van der Waals surface area contributed by atoms with Gasteiger partial charge in [0.05, 0.1) is 18.7 Å². The maximum absolute atomic E-state index is 14.8. The highest BCUT2D eigenvalue weighted by atomic mass is 16.4. The summed E-state index contributed by atoms with van der Waals surface area (Å²) in [6.45, 7) is 4.67. The van der Waals surface area contributed by atoms with E-state index in [-0.39, 0.29) is 82.2 Å². The first-order valence-corrected chi connectivity index (χ1v) is 28.3. The maximum atomic E-state index is 14.8. The number of rotatable bonds is 33. The van der Waals surface area contributed by atoms with Gasteiger partial charge >= 0.3 is 5.97 Å². The topological polar surface area (TPSA) is 434 Å². The number of carboxylic acids is 1. The van der Waals surface area contributed by atoms with Gasteiger partial charge in [-0.3, -0.25) is 43.3 Å². The molecule has 3 aromatic carbocycles. The number of phenolic OH excluding ortho intramolecular Hbond substituents is 1. The molecule has 1 fully saturated rings. The normalized spacial score (nSPS) is 16.2. The zero-order valence-corrected chi connectivity index (χ0v) is 47.7. The largest absolute Gasteiger partial charge is 0.508 e. The van der Waals surface area contributed by atoms with Gasteiger partial charge in [-0.05, 0) is 99.2 Å². The van der Waals surface area contributed by atoms with Crippen molar-refractivity contribution in [2.24, 2.45) is 33.8 Å². The molecule has 19 N–H and O–H groups in total. The predicted molar refractivity (Wildman–Crippen MR) is 313 cm³/mol. The summed E-state index contributed by atoms with van der Waals surface area (Å²) in [6, 6.07) is 11.3. The molecule has 1 aromatic heterocycles. The summed E-state index contributed by atoms with van der Waals surface area (Å²) in [4.78, 5) is 133. The van der Waals surface area contributed by atoms with Crippen LogP contribution in [-0.4, -0.2) is 165 Å². The number of aromatic nitrogens is 1. The molecule has 0 unspecified atom stereocenters. The lowest BCUT2D eigenvalue weighted by Gasteiger charge is -2.31. The van der Waals surface area contributed by atoms with Gasteiger partial charge in [0.1, 0.15) is 48.0 Å². The Bertz CT molecular complexity index is 2900. The van der Waals surface area contributed by atoms with Crippen LogP contribution in [0.25, 0.3) is 10.9 Å². The average Bonchev–Trinajstić information content (AvgIpc) is 3.92. The van der Waals surface area contributed by atoms with Crippen molar-refractivity contribution in [3.63, 3.8) is 0 Å². The van der Waals surface area contributed by atoms with Gasteiger partial charge in [-0.25, -0.2) is 4.79 Å². The van der Waals surface area contributed by atoms with Crippen molar-refractivity contribution in [2.75, 3.05) is 26.2 Å². The van der Waals surface area contributed by atoms with Crippen molar-refractivity contribution in [2.45, 2.75) is 146 Å². The van der Waals surface area contributed by atoms with Gasteiger partial charge in [0.2, 0.25) is 47.3 Å². The van der Waals surface area contributed by atoms with Crippen LogP contribution in [0, 0.1) is 5.92 Å². The quantitative estimate of drug-likeness (QED) is 0.0154. The van der Waals surface area contributed by atoms with Crippen molar-refractivity contribution in [1.29, 1.82) is 0 Å². The summed E-state index contributed by atoms with van der Waals surface area (Å²) < 4.78 is 0. The number of nitrogens with zero attached hydrogens (tertiary/aromatic N) is 2. The molecule has 1 aliphatic heterocycles. The molecule has 1 saturated heterocycles. The molecule has 4 aromatic rings. The number of fused-ring (bicyclic) bond motifs is 1. The lowest BCUT2D eigenvalue weighted by Crippen LogP contribution is -2.61. The molecule has 0 aliphatic carbocycles. The molecule has 84 heavy (non-hydrogen) atoms. The number of H-pyrrole nitrogens is 1. The van der Waals surface area contributed by atoms with Crippen LogP contribution >= 0.6 is 0 Å². The number of nitrogens with one attached hydrogen (secondary N) is 8. The number of nitrogens with two attached hydrogens (primary N) is 4. The van der Waals surface area contributed by atoms with E-state index in [1.54, 1.807) is 61.7 Å². The molecule has 26 nitrogen and oxygen atoms in total. The number of likely N-dealkylation sites (tertiary alicyclic amines) is 1. The molecule has 2 heterocycles. The van der Waals surface area contributed by atoms with E-state index in [1.165, 1.54) is 24.0 Å². The molecule has 8 amide bonds. The van der Waals surface area contributed by atoms with Crippen LogP contribution < -0.4 is 60.2 Å². The van der Waals surface area contributed by atoms with Gasteiger partial charge in [0.25, 0.3) is 0 Å². The minimum absolute atomic E-state index is 0.00568. The summed E-state index contributed by atoms with van der Waals surface area (Å²) in [7, 11) is 0. The van der Waals surface area contributed by atoms with Crippen LogP contribution in [0.15, 0.2) is 90.1 Å². The highest BCUT2D eigenvalue weighted by Crippen LogP contribution is 2.23. The van der Waals surface area contributed by atoms with Crippen molar-refractivity contribution < 1.29 is 58.5 Å². The fourth-order valence-electron chi connectivity index (χ4n) is 9.66. The van der Waals surface area contributed by atoms with Gasteiger partial charge in [0, 0.05) is 49.5 Å². The van der Waals surface area contributed by atoms with Crippen LogP contribution in [0.5, 0.6) is 5.75 Å². The first-order valence-electron chi connectivity index (χ1n) is 28.3. The molecule has 5 rings (SSSR count). The Morgan fingerprint density at radius 1 is 0.702 bits per heavy atom. The molecule has 0 radical (unpaired) electrons. The molecule has 0 saturated carbocycles. The zero-order chi connectivity index (χ0) is 61.5. The van der Waals surface area contributed by atoms with Crippen molar-refractivity contribution in [1.82, 2.24) is 47.1 Å². The number of carbonyl (C=O) groups excluding carboxylic acids is 8. The average molecular weight is 1170 g/mol. The molecule has 1 aliphatic rings. The number of aliphatic hydroxyl groups is 1. The highest BCUT2D eigenvalue weighted by Gasteiger charge is 2.41. The third kappa shape index (κ3) is 20.1. The molecule has 0 bridgehead atoms. The molecule has 26 heteroatoms. The van der Waals surface area contributed by atoms with E-state index in [0.717, 1.165) is 10.9 Å². The fraction of sp³-hybridized carbons (Fsp3) is 0.483. The molecular weight excluding hydrogens is 1080 g/mol. The lowest BCUT2D eigenvalue weighted by atomic mass is 9.98. The van der Waals surface area contributed by atoms with Crippen molar-refractivity contribution in [3.8, 4) is 5.75 Å². The minimum Gasteiger partial charge on any atom is -0.508 e. The Balaban J connectivity index is 1.31. The number of aliphatic carboxylic acids is 1. The van der Waals surface area contributed by atoms with E-state index in [1.807, 2.05) is 25.1 Å². The summed E-state index contributed by atoms with van der Waals surface area (Å²) >= 11 is 0. The summed E-state index contributed by atoms with van der Waals surface area (Å²) in [5.74, 6) is -8.02. The SMILES string of the molecule is CC[C@H](C)[C@H](N)C(=O)N[C@@H](CCCN=C(N)N)C(=O)N[C@@H](Cc1ccc(O)cc1)C(=O)N1CCC[C@H]1C(=O)N[C@@H](CCCCN)C(=O)N[C@H](C(=O)N[C@@H](Cc1ccccc1)C(=O)NCC(=O)N[C@@H](Cc1c[nH]c2ccccc12)C(=O)O)[C@@H](C)O. The Kier molecular flexibility index (Phi) is 25.9. The number of para-hydroxylation sites is 1. The van der Waals surface area contributed by atoms with Gasteiger partial charge in [-0.1, -0.05) is 80.9 Å². The van der Waals surface area contributed by atoms with Crippen LogP contribution in [0.3, 0.4) is 0 Å². The van der Waals surface area contributed by atoms with E-state index in [9.17, 15) is 58.5 Å². The number of carbonyl (C=O) groups is 9. The number of hydrogen-bond donors (Lipinski definition) is 15. The predicted octanol–water partition coefficient (Wildman–Crippen LogP) is -1.06. The number of aliphatic hydroxyl groups excluding tert-OH is 1. The van der Waals surface area contributed by atoms with E-state index in [0.29, 0.717) is 42.4 Å².